The van der Waals surface area contributed by atoms with Crippen LogP contribution in [0.15, 0.2) is 17.1 Å². The normalized spacial score (nSPS) is 17.5. The number of likely N-dealkylation sites (tertiary alicyclic amines) is 1. The lowest BCUT2D eigenvalue weighted by Crippen LogP contribution is -2.40. The molecular weight excluding hydrogens is 334 g/mol. The number of nitrogens with one attached hydrogen (secondary N) is 1. The third-order valence-electron chi connectivity index (χ3n) is 4.73. The molecule has 0 saturated carbocycles. The SMILES string of the molecule is COCCC(=O)N1CCCC(c2cc3nc(N(C)C)ncc3c(=O)[nH]2)C1. The van der Waals surface area contributed by atoms with Gasteiger partial charge in [-0.1, -0.05) is 0 Å². The van der Waals surface area contributed by atoms with E-state index in [1.54, 1.807) is 18.2 Å². The second kappa shape index (κ2) is 7.82. The molecule has 3 rings (SSSR count). The molecule has 1 fully saturated rings. The van der Waals surface area contributed by atoms with Gasteiger partial charge in [0.05, 0.1) is 23.9 Å². The van der Waals surface area contributed by atoms with Crippen molar-refractivity contribution in [2.75, 3.05) is 45.8 Å². The summed E-state index contributed by atoms with van der Waals surface area (Å²) in [5, 5.41) is 0.475. The Morgan fingerprint density at radius 2 is 2.27 bits per heavy atom. The number of methoxy groups -OCH3 is 1. The summed E-state index contributed by atoms with van der Waals surface area (Å²) in [5.74, 6) is 0.760. The maximum Gasteiger partial charge on any atom is 0.259 e. The van der Waals surface area contributed by atoms with Gasteiger partial charge in [0.2, 0.25) is 11.9 Å². The number of nitrogens with zero attached hydrogens (tertiary/aromatic N) is 4. The van der Waals surface area contributed by atoms with Gasteiger partial charge in [0.25, 0.3) is 5.56 Å². The lowest BCUT2D eigenvalue weighted by atomic mass is 9.93. The number of aromatic nitrogens is 3. The van der Waals surface area contributed by atoms with Crippen LogP contribution >= 0.6 is 0 Å². The number of carbonyl (C=O) groups is 1. The fraction of sp³-hybridized carbons (Fsp3) is 0.556. The number of fused-ring (bicyclic) bond motifs is 1. The molecule has 0 spiro atoms. The highest BCUT2D eigenvalue weighted by molar-refractivity contribution is 5.78. The van der Waals surface area contributed by atoms with Crippen molar-refractivity contribution in [1.29, 1.82) is 0 Å². The standard InChI is InChI=1S/C18H25N5O3/c1-22(2)18-19-10-13-15(21-18)9-14(20-17(13)25)12-5-4-7-23(11-12)16(24)6-8-26-3/h9-10,12H,4-8,11H2,1-3H3,(H,20,25). The van der Waals surface area contributed by atoms with Gasteiger partial charge >= 0.3 is 0 Å². The predicted octanol–water partition coefficient (Wildman–Crippen LogP) is 1.13. The number of aromatic amines is 1. The Morgan fingerprint density at radius 1 is 1.46 bits per heavy atom. The van der Waals surface area contributed by atoms with Crippen molar-refractivity contribution in [1.82, 2.24) is 19.9 Å². The van der Waals surface area contributed by atoms with Crippen molar-refractivity contribution in [3.05, 3.63) is 28.3 Å². The molecule has 2 aromatic rings. The van der Waals surface area contributed by atoms with Crippen molar-refractivity contribution < 1.29 is 9.53 Å². The molecule has 140 valence electrons. The van der Waals surface area contributed by atoms with Gasteiger partial charge in [-0.05, 0) is 18.9 Å². The summed E-state index contributed by atoms with van der Waals surface area (Å²) in [6, 6.07) is 1.92. The number of piperidine rings is 1. The van der Waals surface area contributed by atoms with Crippen LogP contribution in [0.5, 0.6) is 0 Å². The van der Waals surface area contributed by atoms with Crippen LogP contribution in [0, 0.1) is 0 Å². The smallest absolute Gasteiger partial charge is 0.259 e. The number of pyridine rings is 1. The summed E-state index contributed by atoms with van der Waals surface area (Å²) < 4.78 is 5.00. The highest BCUT2D eigenvalue weighted by Crippen LogP contribution is 2.26. The fourth-order valence-electron chi connectivity index (χ4n) is 3.29. The number of hydrogen-bond acceptors (Lipinski definition) is 6. The Bertz CT molecular complexity index is 848. The highest BCUT2D eigenvalue weighted by Gasteiger charge is 2.25. The fourth-order valence-corrected chi connectivity index (χ4v) is 3.29. The van der Waals surface area contributed by atoms with Crippen LogP contribution in [0.3, 0.4) is 0 Å². The lowest BCUT2D eigenvalue weighted by Gasteiger charge is -2.33. The van der Waals surface area contributed by atoms with Gasteiger partial charge in [-0.2, -0.15) is 0 Å². The summed E-state index contributed by atoms with van der Waals surface area (Å²) >= 11 is 0. The molecule has 1 aliphatic rings. The molecule has 1 saturated heterocycles. The van der Waals surface area contributed by atoms with Crippen molar-refractivity contribution in [3.63, 3.8) is 0 Å². The van der Waals surface area contributed by atoms with E-state index in [4.69, 9.17) is 4.74 Å². The average Bonchev–Trinajstić information content (AvgIpc) is 2.65. The first-order valence-corrected chi connectivity index (χ1v) is 8.83. The van der Waals surface area contributed by atoms with Gasteiger partial charge in [-0.3, -0.25) is 9.59 Å². The van der Waals surface area contributed by atoms with Crippen molar-refractivity contribution >= 4 is 22.8 Å². The molecule has 8 heteroatoms. The molecule has 0 bridgehead atoms. The first-order valence-electron chi connectivity index (χ1n) is 8.83. The monoisotopic (exact) mass is 359 g/mol. The number of amides is 1. The molecule has 0 aromatic carbocycles. The van der Waals surface area contributed by atoms with Crippen LogP contribution in [0.25, 0.3) is 10.9 Å². The minimum absolute atomic E-state index is 0.0944. The Hall–Kier alpha value is -2.48. The second-order valence-electron chi connectivity index (χ2n) is 6.84. The van der Waals surface area contributed by atoms with Gasteiger partial charge in [0.1, 0.15) is 0 Å². The van der Waals surface area contributed by atoms with Crippen LogP contribution in [0.4, 0.5) is 5.95 Å². The molecular formula is C18H25N5O3. The molecule has 3 heterocycles. The van der Waals surface area contributed by atoms with E-state index in [0.29, 0.717) is 36.4 Å². The van der Waals surface area contributed by atoms with E-state index >= 15 is 0 Å². The van der Waals surface area contributed by atoms with E-state index in [0.717, 1.165) is 25.1 Å². The van der Waals surface area contributed by atoms with Crippen molar-refractivity contribution in [3.8, 4) is 0 Å². The number of ether oxygens (including phenoxy) is 1. The van der Waals surface area contributed by atoms with Crippen molar-refractivity contribution in [2.24, 2.45) is 0 Å². The Labute approximate surface area is 152 Å². The molecule has 1 atom stereocenters. The molecule has 0 aliphatic carbocycles. The first-order chi connectivity index (χ1) is 12.5. The zero-order chi connectivity index (χ0) is 18.7. The van der Waals surface area contributed by atoms with E-state index in [-0.39, 0.29) is 17.4 Å². The zero-order valence-corrected chi connectivity index (χ0v) is 15.5. The Kier molecular flexibility index (Phi) is 5.51. The van der Waals surface area contributed by atoms with E-state index in [1.165, 1.54) is 0 Å². The van der Waals surface area contributed by atoms with Gasteiger partial charge in [0.15, 0.2) is 0 Å². The Morgan fingerprint density at radius 3 is 3.00 bits per heavy atom. The minimum Gasteiger partial charge on any atom is -0.384 e. The molecule has 0 radical (unpaired) electrons. The van der Waals surface area contributed by atoms with Crippen molar-refractivity contribution in [2.45, 2.75) is 25.2 Å². The summed E-state index contributed by atoms with van der Waals surface area (Å²) in [6.07, 6.45) is 3.79. The molecule has 2 aromatic heterocycles. The number of rotatable bonds is 5. The quantitative estimate of drug-likeness (QED) is 0.860. The molecule has 1 N–H and O–H groups in total. The van der Waals surface area contributed by atoms with E-state index in [1.807, 2.05) is 25.1 Å². The Balaban J connectivity index is 1.87. The van der Waals surface area contributed by atoms with Gasteiger partial charge in [-0.25, -0.2) is 9.97 Å². The molecule has 1 aliphatic heterocycles. The minimum atomic E-state index is -0.189. The van der Waals surface area contributed by atoms with Gasteiger partial charge < -0.3 is 19.5 Å². The van der Waals surface area contributed by atoms with Gasteiger partial charge in [0, 0.05) is 52.1 Å². The van der Waals surface area contributed by atoms with E-state index in [9.17, 15) is 9.59 Å². The predicted molar refractivity (Wildman–Crippen MR) is 99.5 cm³/mol. The topological polar surface area (TPSA) is 91.4 Å². The van der Waals surface area contributed by atoms with Crippen LogP contribution in [0.1, 0.15) is 30.9 Å². The highest BCUT2D eigenvalue weighted by atomic mass is 16.5. The first kappa shape index (κ1) is 18.3. The third kappa shape index (κ3) is 3.85. The molecule has 1 unspecified atom stereocenters. The van der Waals surface area contributed by atoms with Crippen LogP contribution in [0.2, 0.25) is 0 Å². The molecule has 8 nitrogen and oxygen atoms in total. The van der Waals surface area contributed by atoms with Gasteiger partial charge in [-0.15, -0.1) is 0 Å². The number of hydrogen-bond donors (Lipinski definition) is 1. The van der Waals surface area contributed by atoms with Crippen LogP contribution in [-0.2, 0) is 9.53 Å². The van der Waals surface area contributed by atoms with Crippen LogP contribution < -0.4 is 10.5 Å². The summed E-state index contributed by atoms with van der Waals surface area (Å²) in [7, 11) is 5.32. The van der Waals surface area contributed by atoms with Crippen LogP contribution in [-0.4, -0.2) is 66.7 Å². The maximum atomic E-state index is 12.4. The maximum absolute atomic E-state index is 12.4. The number of H-pyrrole nitrogens is 1. The molecule has 1 amide bonds. The van der Waals surface area contributed by atoms with E-state index < -0.39 is 0 Å². The third-order valence-corrected chi connectivity index (χ3v) is 4.73. The summed E-state index contributed by atoms with van der Waals surface area (Å²) in [4.78, 5) is 40.0. The average molecular weight is 359 g/mol. The largest absolute Gasteiger partial charge is 0.384 e. The zero-order valence-electron chi connectivity index (χ0n) is 15.5. The summed E-state index contributed by atoms with van der Waals surface area (Å²) in [6.45, 7) is 1.79. The summed E-state index contributed by atoms with van der Waals surface area (Å²) in [5.41, 5.74) is 1.27. The number of anilines is 1. The number of carbonyl (C=O) groups excluding carboxylic acids is 1. The lowest BCUT2D eigenvalue weighted by molar-refractivity contribution is -0.133. The second-order valence-corrected chi connectivity index (χ2v) is 6.84. The molecule has 26 heavy (non-hydrogen) atoms. The van der Waals surface area contributed by atoms with E-state index in [2.05, 4.69) is 15.0 Å².